The molecular weight excluding hydrogens is 573 g/mol. The molecule has 0 aliphatic rings. The topological polar surface area (TPSA) is 78.9 Å². The molecule has 0 aliphatic carbocycles. The lowest BCUT2D eigenvalue weighted by molar-refractivity contribution is -0.138. The predicted octanol–water partition coefficient (Wildman–Crippen LogP) is 6.95. The normalized spacial score (nSPS) is 10.2. The second-order valence-electron chi connectivity index (χ2n) is 9.45. The SMILES string of the molecule is C=C(C)C(=O)Oc1ccc(C#Cc2cc(C(F)(F)F)c(C#Cc3ccc(OC(=O)C(=C)C)cc3)cc2OC(=O)C(=C)C)cc1. The molecule has 0 saturated heterocycles. The molecule has 0 aliphatic heterocycles. The number of esters is 3. The van der Waals surface area contributed by atoms with Gasteiger partial charge in [0.25, 0.3) is 0 Å². The quantitative estimate of drug-likeness (QED) is 0.132. The van der Waals surface area contributed by atoms with E-state index in [1.165, 1.54) is 69.3 Å². The summed E-state index contributed by atoms with van der Waals surface area (Å²) < 4.78 is 58.0. The van der Waals surface area contributed by atoms with Gasteiger partial charge in [-0.15, -0.1) is 0 Å². The van der Waals surface area contributed by atoms with Gasteiger partial charge in [-0.05, 0) is 81.4 Å². The van der Waals surface area contributed by atoms with Gasteiger partial charge in [0.15, 0.2) is 0 Å². The average Bonchev–Trinajstić information content (AvgIpc) is 2.96. The summed E-state index contributed by atoms with van der Waals surface area (Å²) in [6, 6.07) is 13.5. The Hall–Kier alpha value is -5.80. The summed E-state index contributed by atoms with van der Waals surface area (Å²) in [5, 5.41) is 0. The minimum atomic E-state index is -4.83. The van der Waals surface area contributed by atoms with E-state index in [2.05, 4.69) is 43.4 Å². The van der Waals surface area contributed by atoms with Gasteiger partial charge in [-0.1, -0.05) is 43.4 Å². The van der Waals surface area contributed by atoms with Crippen molar-refractivity contribution in [2.45, 2.75) is 26.9 Å². The van der Waals surface area contributed by atoms with Gasteiger partial charge in [-0.3, -0.25) is 0 Å². The molecule has 3 aromatic rings. The van der Waals surface area contributed by atoms with Crippen LogP contribution in [-0.4, -0.2) is 17.9 Å². The fourth-order valence-corrected chi connectivity index (χ4v) is 3.17. The summed E-state index contributed by atoms with van der Waals surface area (Å²) >= 11 is 0. The van der Waals surface area contributed by atoms with Crippen LogP contribution in [0.4, 0.5) is 13.2 Å². The van der Waals surface area contributed by atoms with Crippen molar-refractivity contribution in [3.05, 3.63) is 125 Å². The number of carbonyl (C=O) groups is 3. The Kier molecular flexibility index (Phi) is 10.3. The van der Waals surface area contributed by atoms with Crippen molar-refractivity contribution < 1.29 is 41.8 Å². The van der Waals surface area contributed by atoms with Crippen LogP contribution in [0.5, 0.6) is 17.2 Å². The second-order valence-corrected chi connectivity index (χ2v) is 9.45. The summed E-state index contributed by atoms with van der Waals surface area (Å²) in [6.45, 7) is 14.9. The molecule has 0 unspecified atom stereocenters. The zero-order valence-corrected chi connectivity index (χ0v) is 24.0. The first-order chi connectivity index (χ1) is 20.6. The standard InChI is InChI=1S/C35H25F3O6/c1-21(2)32(39)42-28-15-9-24(10-16-28)7-13-26-20-31(44-34(41)23(5)6)27(19-30(26)35(36,37)38)14-8-25-11-17-29(18-12-25)43-33(40)22(3)4/h9-12,15-20H,1,3,5H2,2,4,6H3. The van der Waals surface area contributed by atoms with Gasteiger partial charge < -0.3 is 14.2 Å². The molecule has 0 bridgehead atoms. The molecule has 0 aromatic heterocycles. The molecule has 222 valence electrons. The van der Waals surface area contributed by atoms with Gasteiger partial charge in [-0.2, -0.15) is 13.2 Å². The lowest BCUT2D eigenvalue weighted by Crippen LogP contribution is -2.12. The fraction of sp³-hybridized carbons (Fsp3) is 0.114. The summed E-state index contributed by atoms with van der Waals surface area (Å²) in [6.07, 6.45) is -4.83. The van der Waals surface area contributed by atoms with Gasteiger partial charge in [0, 0.05) is 33.4 Å². The van der Waals surface area contributed by atoms with Crippen molar-refractivity contribution in [2.75, 3.05) is 0 Å². The molecule has 0 saturated carbocycles. The number of halogens is 3. The molecule has 0 heterocycles. The number of alkyl halides is 3. The Labute approximate surface area is 252 Å². The van der Waals surface area contributed by atoms with Crippen molar-refractivity contribution in [2.24, 2.45) is 0 Å². The number of benzene rings is 3. The predicted molar refractivity (Wildman–Crippen MR) is 158 cm³/mol. The van der Waals surface area contributed by atoms with Crippen LogP contribution in [0.15, 0.2) is 97.1 Å². The first kappa shape index (κ1) is 32.7. The molecular formula is C35H25F3O6. The Bertz CT molecular complexity index is 1790. The smallest absolute Gasteiger partial charge is 0.417 e. The third kappa shape index (κ3) is 9.10. The molecule has 0 radical (unpaired) electrons. The van der Waals surface area contributed by atoms with Crippen LogP contribution in [0.25, 0.3) is 0 Å². The van der Waals surface area contributed by atoms with Gasteiger partial charge in [0.05, 0.1) is 11.1 Å². The minimum absolute atomic E-state index is 0.0174. The van der Waals surface area contributed by atoms with Crippen molar-refractivity contribution in [1.29, 1.82) is 0 Å². The molecule has 0 N–H and O–H groups in total. The number of hydrogen-bond acceptors (Lipinski definition) is 6. The maximum Gasteiger partial charge on any atom is 0.417 e. The Balaban J connectivity index is 2.03. The molecule has 0 atom stereocenters. The van der Waals surface area contributed by atoms with E-state index in [1.807, 2.05) is 0 Å². The highest BCUT2D eigenvalue weighted by molar-refractivity contribution is 5.90. The van der Waals surface area contributed by atoms with Crippen molar-refractivity contribution in [3.63, 3.8) is 0 Å². The van der Waals surface area contributed by atoms with Crippen LogP contribution in [0.2, 0.25) is 0 Å². The fourth-order valence-electron chi connectivity index (χ4n) is 3.17. The van der Waals surface area contributed by atoms with E-state index in [0.29, 0.717) is 11.1 Å². The Morgan fingerprint density at radius 1 is 0.591 bits per heavy atom. The molecule has 6 nitrogen and oxygen atoms in total. The minimum Gasteiger partial charge on any atom is -0.423 e. The molecule has 3 rings (SSSR count). The molecule has 0 fully saturated rings. The van der Waals surface area contributed by atoms with Gasteiger partial charge in [0.1, 0.15) is 17.2 Å². The highest BCUT2D eigenvalue weighted by atomic mass is 19.4. The summed E-state index contributed by atoms with van der Waals surface area (Å²) in [5.41, 5.74) is -0.652. The summed E-state index contributed by atoms with van der Waals surface area (Å²) in [4.78, 5) is 35.7. The van der Waals surface area contributed by atoms with Gasteiger partial charge >= 0.3 is 24.1 Å². The maximum atomic E-state index is 14.1. The summed E-state index contributed by atoms with van der Waals surface area (Å²) in [7, 11) is 0. The lowest BCUT2D eigenvalue weighted by atomic mass is 10.0. The van der Waals surface area contributed by atoms with Gasteiger partial charge in [-0.25, -0.2) is 14.4 Å². The average molecular weight is 599 g/mol. The van der Waals surface area contributed by atoms with Crippen LogP contribution in [0.3, 0.4) is 0 Å². The van der Waals surface area contributed by atoms with Crippen molar-refractivity contribution in [1.82, 2.24) is 0 Å². The zero-order valence-electron chi connectivity index (χ0n) is 24.0. The van der Waals surface area contributed by atoms with Gasteiger partial charge in [0.2, 0.25) is 0 Å². The van der Waals surface area contributed by atoms with E-state index in [-0.39, 0.29) is 39.5 Å². The van der Waals surface area contributed by atoms with Crippen LogP contribution in [0, 0.1) is 23.7 Å². The molecule has 9 heteroatoms. The number of ether oxygens (including phenoxy) is 3. The number of hydrogen-bond donors (Lipinski definition) is 0. The monoisotopic (exact) mass is 598 g/mol. The summed E-state index contributed by atoms with van der Waals surface area (Å²) in [5.74, 6) is 8.55. The number of rotatable bonds is 6. The van der Waals surface area contributed by atoms with E-state index < -0.39 is 35.2 Å². The molecule has 0 amide bonds. The highest BCUT2D eigenvalue weighted by Gasteiger charge is 2.34. The highest BCUT2D eigenvalue weighted by Crippen LogP contribution is 2.36. The number of carbonyl (C=O) groups excluding carboxylic acids is 3. The molecule has 44 heavy (non-hydrogen) atoms. The Morgan fingerprint density at radius 3 is 1.36 bits per heavy atom. The van der Waals surface area contributed by atoms with Crippen LogP contribution >= 0.6 is 0 Å². The first-order valence-corrected chi connectivity index (χ1v) is 12.8. The van der Waals surface area contributed by atoms with E-state index in [9.17, 15) is 27.6 Å². The Morgan fingerprint density at radius 2 is 0.977 bits per heavy atom. The van der Waals surface area contributed by atoms with Crippen LogP contribution in [0.1, 0.15) is 48.6 Å². The van der Waals surface area contributed by atoms with E-state index in [1.54, 1.807) is 0 Å². The van der Waals surface area contributed by atoms with Crippen molar-refractivity contribution >= 4 is 17.9 Å². The first-order valence-electron chi connectivity index (χ1n) is 12.8. The maximum absolute atomic E-state index is 14.1. The second kappa shape index (κ2) is 13.9. The van der Waals surface area contributed by atoms with Crippen LogP contribution < -0.4 is 14.2 Å². The largest absolute Gasteiger partial charge is 0.423 e. The van der Waals surface area contributed by atoms with E-state index >= 15 is 0 Å². The molecule has 3 aromatic carbocycles. The zero-order chi connectivity index (χ0) is 32.6. The third-order valence-corrected chi connectivity index (χ3v) is 5.49. The van der Waals surface area contributed by atoms with E-state index in [0.717, 1.165) is 12.1 Å². The van der Waals surface area contributed by atoms with Crippen molar-refractivity contribution in [3.8, 4) is 40.9 Å². The molecule has 0 spiro atoms. The lowest BCUT2D eigenvalue weighted by Gasteiger charge is -2.13. The third-order valence-electron chi connectivity index (χ3n) is 5.49. The van der Waals surface area contributed by atoms with Crippen LogP contribution in [-0.2, 0) is 20.6 Å². The van der Waals surface area contributed by atoms with E-state index in [4.69, 9.17) is 14.2 Å².